The van der Waals surface area contributed by atoms with Crippen molar-refractivity contribution in [1.82, 2.24) is 0 Å². The maximum Gasteiger partial charge on any atom is 0.472 e. The van der Waals surface area contributed by atoms with E-state index in [9.17, 15) is 23.8 Å². The van der Waals surface area contributed by atoms with Gasteiger partial charge in [0.1, 0.15) is 12.6 Å². The van der Waals surface area contributed by atoms with Gasteiger partial charge < -0.3 is 25.2 Å². The van der Waals surface area contributed by atoms with E-state index in [2.05, 4.69) is 11.4 Å². The molecule has 3 unspecified atom stereocenters. The number of ether oxygens (including phenoxy) is 2. The highest BCUT2D eigenvalue weighted by molar-refractivity contribution is 7.47. The van der Waals surface area contributed by atoms with Gasteiger partial charge in [0.2, 0.25) is 0 Å². The first-order valence-corrected chi connectivity index (χ1v) is 21.1. The van der Waals surface area contributed by atoms with Crippen LogP contribution in [0.4, 0.5) is 0 Å². The Kier molecular flexibility index (Phi) is 32.6. The van der Waals surface area contributed by atoms with E-state index < -0.39 is 51.1 Å². The summed E-state index contributed by atoms with van der Waals surface area (Å²) in [5.74, 6) is -2.43. The Morgan fingerprint density at radius 1 is 0.551 bits per heavy atom. The number of carbonyl (C=O) groups excluding carboxylic acids is 2. The van der Waals surface area contributed by atoms with Crippen LogP contribution in [0, 0.1) is 0 Å². The number of carboxylic acids is 1. The molecule has 0 rings (SSSR count). The molecule has 0 spiro atoms. The summed E-state index contributed by atoms with van der Waals surface area (Å²) in [4.78, 5) is 44.7. The van der Waals surface area contributed by atoms with Crippen molar-refractivity contribution in [2.45, 2.75) is 199 Å². The van der Waals surface area contributed by atoms with E-state index in [1.165, 1.54) is 128 Å². The van der Waals surface area contributed by atoms with Crippen molar-refractivity contribution in [3.8, 4) is 0 Å². The zero-order valence-corrected chi connectivity index (χ0v) is 31.9. The molecule has 0 bridgehead atoms. The summed E-state index contributed by atoms with van der Waals surface area (Å²) in [7, 11) is -4.68. The van der Waals surface area contributed by atoms with Crippen molar-refractivity contribution in [2.75, 3.05) is 19.8 Å². The van der Waals surface area contributed by atoms with Gasteiger partial charge in [0.05, 0.1) is 13.2 Å². The second-order valence-electron chi connectivity index (χ2n) is 13.4. The number of unbranched alkanes of at least 4 members (excludes halogenated alkanes) is 23. The van der Waals surface area contributed by atoms with Crippen LogP contribution in [0.1, 0.15) is 187 Å². The Bertz CT molecular complexity index is 859. The van der Waals surface area contributed by atoms with Gasteiger partial charge in [-0.15, -0.1) is 0 Å². The SMILES string of the molecule is CCCCCCCCCCCCCCCCCCCCCCCCCCC(=O)OC(COC(=O)CCC)COP(=O)(O)OCC(N)C(=O)O. The number of hydrogen-bond acceptors (Lipinski definition) is 9. The molecule has 0 saturated carbocycles. The fourth-order valence-corrected chi connectivity index (χ4v) is 6.29. The van der Waals surface area contributed by atoms with Crippen LogP contribution >= 0.6 is 7.82 Å². The lowest BCUT2D eigenvalue weighted by molar-refractivity contribution is -0.161. The second-order valence-corrected chi connectivity index (χ2v) is 14.9. The highest BCUT2D eigenvalue weighted by Gasteiger charge is 2.28. The molecule has 0 radical (unpaired) electrons. The fraction of sp³-hybridized carbons (Fsp3) is 0.919. The predicted octanol–water partition coefficient (Wildman–Crippen LogP) is 9.56. The molecule has 0 amide bonds. The van der Waals surface area contributed by atoms with Gasteiger partial charge >= 0.3 is 25.7 Å². The Morgan fingerprint density at radius 2 is 0.939 bits per heavy atom. The van der Waals surface area contributed by atoms with Crippen molar-refractivity contribution in [2.24, 2.45) is 5.73 Å². The molecule has 0 aromatic carbocycles. The number of esters is 2. The molecule has 4 N–H and O–H groups in total. The van der Waals surface area contributed by atoms with Gasteiger partial charge in [0.15, 0.2) is 6.10 Å². The molecule has 12 heteroatoms. The summed E-state index contributed by atoms with van der Waals surface area (Å²) in [6.45, 7) is 2.40. The van der Waals surface area contributed by atoms with Crippen LogP contribution in [0.3, 0.4) is 0 Å². The van der Waals surface area contributed by atoms with Crippen LogP contribution in [0.5, 0.6) is 0 Å². The Labute approximate surface area is 297 Å². The summed E-state index contributed by atoms with van der Waals surface area (Å²) < 4.78 is 31.9. The van der Waals surface area contributed by atoms with E-state index in [1.54, 1.807) is 0 Å². The van der Waals surface area contributed by atoms with E-state index in [-0.39, 0.29) is 19.4 Å². The molecule has 0 aromatic heterocycles. The monoisotopic (exact) mass is 721 g/mol. The highest BCUT2D eigenvalue weighted by atomic mass is 31.2. The van der Waals surface area contributed by atoms with Crippen molar-refractivity contribution >= 4 is 25.7 Å². The quantitative estimate of drug-likeness (QED) is 0.0317. The molecule has 0 aromatic rings. The fourth-order valence-electron chi connectivity index (χ4n) is 5.52. The minimum absolute atomic E-state index is 0.166. The van der Waals surface area contributed by atoms with Gasteiger partial charge in [-0.1, -0.05) is 162 Å². The van der Waals surface area contributed by atoms with Gasteiger partial charge in [-0.2, -0.15) is 0 Å². The first kappa shape index (κ1) is 47.5. The van der Waals surface area contributed by atoms with Crippen molar-refractivity contribution < 1.29 is 47.5 Å². The number of carbonyl (C=O) groups is 3. The molecule has 0 aliphatic rings. The zero-order valence-electron chi connectivity index (χ0n) is 31.1. The lowest BCUT2D eigenvalue weighted by Crippen LogP contribution is -2.34. The molecule has 0 saturated heterocycles. The summed E-state index contributed by atoms with van der Waals surface area (Å²) in [6.07, 6.45) is 31.0. The Balaban J connectivity index is 3.84. The van der Waals surface area contributed by atoms with Crippen molar-refractivity contribution in [1.29, 1.82) is 0 Å². The van der Waals surface area contributed by atoms with Crippen molar-refractivity contribution in [3.05, 3.63) is 0 Å². The molecule has 3 atom stereocenters. The number of phosphoric acid groups is 1. The zero-order chi connectivity index (χ0) is 36.4. The lowest BCUT2D eigenvalue weighted by Gasteiger charge is -2.20. The van der Waals surface area contributed by atoms with Crippen LogP contribution < -0.4 is 5.73 Å². The van der Waals surface area contributed by atoms with Gasteiger partial charge in [0, 0.05) is 12.8 Å². The number of nitrogens with two attached hydrogens (primary N) is 1. The number of hydrogen-bond donors (Lipinski definition) is 3. The lowest BCUT2D eigenvalue weighted by atomic mass is 10.0. The van der Waals surface area contributed by atoms with Gasteiger partial charge in [-0.3, -0.25) is 23.4 Å². The minimum Gasteiger partial charge on any atom is -0.480 e. The summed E-state index contributed by atoms with van der Waals surface area (Å²) in [6, 6.07) is -1.51. The average Bonchev–Trinajstić information content (AvgIpc) is 3.07. The standard InChI is InChI=1S/C37H72NO10P/c1-3-5-6-7-8-9-10-11-12-13-14-15-16-17-18-19-20-21-22-23-24-25-26-27-29-36(40)48-33(30-45-35(39)28-4-2)31-46-49(43,44)47-32-34(38)37(41)42/h33-34H,3-32,38H2,1-2H3,(H,41,42)(H,43,44). The minimum atomic E-state index is -4.68. The second kappa shape index (κ2) is 33.6. The van der Waals surface area contributed by atoms with Gasteiger partial charge in [-0.05, 0) is 12.8 Å². The van der Waals surface area contributed by atoms with E-state index in [0.717, 1.165) is 19.3 Å². The molecule has 290 valence electrons. The van der Waals surface area contributed by atoms with Crippen LogP contribution in [0.15, 0.2) is 0 Å². The first-order valence-electron chi connectivity index (χ1n) is 19.6. The molecule has 11 nitrogen and oxygen atoms in total. The molecular formula is C37H72NO10P. The molecule has 0 fully saturated rings. The predicted molar refractivity (Wildman–Crippen MR) is 194 cm³/mol. The topological polar surface area (TPSA) is 172 Å². The van der Waals surface area contributed by atoms with E-state index in [4.69, 9.17) is 24.8 Å². The smallest absolute Gasteiger partial charge is 0.472 e. The molecular weight excluding hydrogens is 649 g/mol. The number of rotatable bonds is 37. The first-order chi connectivity index (χ1) is 23.6. The molecule has 49 heavy (non-hydrogen) atoms. The number of carboxylic acid groups (broad SMARTS) is 1. The third-order valence-electron chi connectivity index (χ3n) is 8.57. The Hall–Kier alpha value is -1.52. The number of phosphoric ester groups is 1. The molecule has 0 aliphatic heterocycles. The summed E-state index contributed by atoms with van der Waals surface area (Å²) >= 11 is 0. The van der Waals surface area contributed by atoms with Crippen molar-refractivity contribution in [3.63, 3.8) is 0 Å². The number of aliphatic carboxylic acids is 1. The average molecular weight is 722 g/mol. The van der Waals surface area contributed by atoms with E-state index >= 15 is 0 Å². The maximum atomic E-state index is 12.4. The van der Waals surface area contributed by atoms with Crippen LogP contribution in [0.25, 0.3) is 0 Å². The van der Waals surface area contributed by atoms with Crippen LogP contribution in [0.2, 0.25) is 0 Å². The van der Waals surface area contributed by atoms with Gasteiger partial charge in [-0.25, -0.2) is 4.57 Å². The maximum absolute atomic E-state index is 12.4. The van der Waals surface area contributed by atoms with Crippen LogP contribution in [-0.2, 0) is 37.5 Å². The Morgan fingerprint density at radius 3 is 1.33 bits per heavy atom. The van der Waals surface area contributed by atoms with E-state index in [0.29, 0.717) is 12.8 Å². The third-order valence-corrected chi connectivity index (χ3v) is 9.53. The highest BCUT2D eigenvalue weighted by Crippen LogP contribution is 2.43. The van der Waals surface area contributed by atoms with Crippen LogP contribution in [-0.4, -0.2) is 59.9 Å². The molecule has 0 heterocycles. The third kappa shape index (κ3) is 33.4. The largest absolute Gasteiger partial charge is 0.480 e. The van der Waals surface area contributed by atoms with Gasteiger partial charge in [0.25, 0.3) is 0 Å². The summed E-state index contributed by atoms with van der Waals surface area (Å²) in [5.41, 5.74) is 5.27. The van der Waals surface area contributed by atoms with E-state index in [1.807, 2.05) is 6.92 Å². The summed E-state index contributed by atoms with van der Waals surface area (Å²) in [5, 5.41) is 8.78. The molecule has 0 aliphatic carbocycles. The normalized spacial score (nSPS) is 13.9.